The topological polar surface area (TPSA) is 43.4 Å². The number of ketones is 1. The molecule has 0 aliphatic heterocycles. The number of allylic oxidation sites excluding steroid dienone is 1. The van der Waals surface area contributed by atoms with Crippen LogP contribution in [-0.4, -0.2) is 17.4 Å². The van der Waals surface area contributed by atoms with E-state index in [2.05, 4.69) is 36.4 Å². The third-order valence-electron chi connectivity index (χ3n) is 6.73. The smallest absolute Gasteiger partial charge is 0.311 e. The first-order valence-corrected chi connectivity index (χ1v) is 11.3. The number of ether oxygens (including phenoxy) is 1. The van der Waals surface area contributed by atoms with E-state index in [0.717, 1.165) is 11.1 Å². The minimum absolute atomic E-state index is 0.0235. The summed E-state index contributed by atoms with van der Waals surface area (Å²) in [6.45, 7) is 5.63. The van der Waals surface area contributed by atoms with Crippen molar-refractivity contribution in [3.8, 4) is 0 Å². The Labute approximate surface area is 189 Å². The molecule has 3 heteroatoms. The molecule has 162 valence electrons. The lowest BCUT2D eigenvalue weighted by molar-refractivity contribution is -0.165. The van der Waals surface area contributed by atoms with E-state index in [1.165, 1.54) is 16.3 Å². The quantitative estimate of drug-likeness (QED) is 0.455. The van der Waals surface area contributed by atoms with Crippen LogP contribution in [0.3, 0.4) is 0 Å². The largest absolute Gasteiger partial charge is 0.460 e. The maximum Gasteiger partial charge on any atom is 0.311 e. The molecule has 0 bridgehead atoms. The van der Waals surface area contributed by atoms with Crippen molar-refractivity contribution in [3.05, 3.63) is 89.5 Å². The third-order valence-corrected chi connectivity index (χ3v) is 6.73. The van der Waals surface area contributed by atoms with Crippen LogP contribution in [0, 0.1) is 11.8 Å². The lowest BCUT2D eigenvalue weighted by Crippen LogP contribution is -2.44. The van der Waals surface area contributed by atoms with Crippen molar-refractivity contribution in [1.82, 2.24) is 0 Å². The summed E-state index contributed by atoms with van der Waals surface area (Å²) in [5.41, 5.74) is 2.60. The van der Waals surface area contributed by atoms with Gasteiger partial charge in [-0.15, -0.1) is 0 Å². The second-order valence-corrected chi connectivity index (χ2v) is 9.95. The molecule has 0 N–H and O–H groups in total. The minimum Gasteiger partial charge on any atom is -0.460 e. The molecule has 0 saturated heterocycles. The highest BCUT2D eigenvalue weighted by molar-refractivity contribution is 5.97. The first-order chi connectivity index (χ1) is 15.3. The van der Waals surface area contributed by atoms with Crippen molar-refractivity contribution in [1.29, 1.82) is 0 Å². The summed E-state index contributed by atoms with van der Waals surface area (Å²) < 4.78 is 5.86. The molecule has 3 aromatic carbocycles. The Morgan fingerprint density at radius 2 is 1.66 bits per heavy atom. The van der Waals surface area contributed by atoms with Crippen LogP contribution in [0.4, 0.5) is 0 Å². The fourth-order valence-electron chi connectivity index (χ4n) is 5.47. The molecule has 1 saturated carbocycles. The SMILES string of the molecule is CC(C)(C)OC(=O)C1C(c2ccccc2)C(=O)CC2c3ccc4ccccc4c3C=CC21. The molecule has 0 aromatic heterocycles. The van der Waals surface area contributed by atoms with E-state index in [0.29, 0.717) is 6.42 Å². The first kappa shape index (κ1) is 20.7. The summed E-state index contributed by atoms with van der Waals surface area (Å²) in [5, 5.41) is 2.37. The summed E-state index contributed by atoms with van der Waals surface area (Å²) in [4.78, 5) is 27.1. The normalized spacial score (nSPS) is 24.7. The number of carbonyl (C=O) groups excluding carboxylic acids is 2. The van der Waals surface area contributed by atoms with Crippen molar-refractivity contribution in [2.45, 2.75) is 44.6 Å². The van der Waals surface area contributed by atoms with Crippen LogP contribution in [-0.2, 0) is 14.3 Å². The Bertz CT molecular complexity index is 1220. The van der Waals surface area contributed by atoms with E-state index < -0.39 is 17.4 Å². The van der Waals surface area contributed by atoms with Gasteiger partial charge in [-0.25, -0.2) is 0 Å². The number of benzene rings is 3. The Kier molecular flexibility index (Phi) is 5.00. The number of rotatable bonds is 2. The maximum atomic E-state index is 13.6. The molecule has 0 spiro atoms. The van der Waals surface area contributed by atoms with E-state index >= 15 is 0 Å². The molecular formula is C29H28O3. The Morgan fingerprint density at radius 3 is 2.41 bits per heavy atom. The molecule has 0 radical (unpaired) electrons. The highest BCUT2D eigenvalue weighted by Crippen LogP contribution is 2.51. The molecule has 3 aromatic rings. The average Bonchev–Trinajstić information content (AvgIpc) is 2.77. The molecule has 2 aliphatic rings. The molecule has 0 amide bonds. The zero-order valence-electron chi connectivity index (χ0n) is 18.7. The van der Waals surface area contributed by atoms with Gasteiger partial charge in [0, 0.05) is 6.42 Å². The lowest BCUT2D eigenvalue weighted by atomic mass is 9.60. The summed E-state index contributed by atoms with van der Waals surface area (Å²) in [6.07, 6.45) is 4.73. The Hall–Kier alpha value is -3.20. The zero-order chi connectivity index (χ0) is 22.5. The molecular weight excluding hydrogens is 396 g/mol. The van der Waals surface area contributed by atoms with Crippen LogP contribution >= 0.6 is 0 Å². The second kappa shape index (κ2) is 7.74. The van der Waals surface area contributed by atoms with Gasteiger partial charge in [0.1, 0.15) is 11.4 Å². The van der Waals surface area contributed by atoms with E-state index in [4.69, 9.17) is 4.74 Å². The van der Waals surface area contributed by atoms with Crippen LogP contribution < -0.4 is 0 Å². The predicted molar refractivity (Wildman–Crippen MR) is 127 cm³/mol. The fourth-order valence-corrected chi connectivity index (χ4v) is 5.47. The predicted octanol–water partition coefficient (Wildman–Crippen LogP) is 6.28. The van der Waals surface area contributed by atoms with Gasteiger partial charge >= 0.3 is 5.97 Å². The van der Waals surface area contributed by atoms with Crippen LogP contribution in [0.2, 0.25) is 0 Å². The minimum atomic E-state index is -0.610. The molecule has 0 heterocycles. The van der Waals surface area contributed by atoms with Gasteiger partial charge in [0.25, 0.3) is 0 Å². The van der Waals surface area contributed by atoms with Crippen LogP contribution in [0.5, 0.6) is 0 Å². The van der Waals surface area contributed by atoms with Crippen molar-refractivity contribution >= 4 is 28.6 Å². The van der Waals surface area contributed by atoms with Crippen molar-refractivity contribution in [2.75, 3.05) is 0 Å². The summed E-state index contributed by atoms with van der Waals surface area (Å²) in [6, 6.07) is 22.3. The molecule has 1 fully saturated rings. The van der Waals surface area contributed by atoms with E-state index in [-0.39, 0.29) is 23.6 Å². The van der Waals surface area contributed by atoms with Gasteiger partial charge in [0.05, 0.1) is 11.8 Å². The van der Waals surface area contributed by atoms with E-state index in [1.807, 2.05) is 63.2 Å². The first-order valence-electron chi connectivity index (χ1n) is 11.3. The number of hydrogen-bond donors (Lipinski definition) is 0. The van der Waals surface area contributed by atoms with Crippen LogP contribution in [0.1, 0.15) is 55.7 Å². The molecule has 3 nitrogen and oxygen atoms in total. The lowest BCUT2D eigenvalue weighted by Gasteiger charge is -2.43. The summed E-state index contributed by atoms with van der Waals surface area (Å²) >= 11 is 0. The van der Waals surface area contributed by atoms with Crippen LogP contribution in [0.25, 0.3) is 16.8 Å². The number of hydrogen-bond acceptors (Lipinski definition) is 3. The van der Waals surface area contributed by atoms with E-state index in [1.54, 1.807) is 0 Å². The third kappa shape index (κ3) is 3.56. The van der Waals surface area contributed by atoms with Crippen molar-refractivity contribution in [2.24, 2.45) is 11.8 Å². The zero-order valence-corrected chi connectivity index (χ0v) is 18.7. The van der Waals surface area contributed by atoms with Gasteiger partial charge in [-0.3, -0.25) is 9.59 Å². The van der Waals surface area contributed by atoms with Gasteiger partial charge in [0.2, 0.25) is 0 Å². The van der Waals surface area contributed by atoms with Gasteiger partial charge < -0.3 is 4.74 Å². The Balaban J connectivity index is 1.63. The molecule has 5 rings (SSSR count). The van der Waals surface area contributed by atoms with Crippen molar-refractivity contribution < 1.29 is 14.3 Å². The standard InChI is InChI=1S/C29H28O3/c1-29(2,3)32-28(31)27-23-16-15-21-20-12-8-7-9-18(20)13-14-22(21)24(23)17-25(30)26(27)19-10-5-4-6-11-19/h4-16,23-24,26-27H,17H2,1-3H3. The monoisotopic (exact) mass is 424 g/mol. The molecule has 32 heavy (non-hydrogen) atoms. The van der Waals surface area contributed by atoms with Gasteiger partial charge in [-0.1, -0.05) is 78.9 Å². The number of Topliss-reactive ketones (excluding diaryl/α,β-unsaturated/α-hetero) is 1. The maximum absolute atomic E-state index is 13.6. The van der Waals surface area contributed by atoms with Crippen molar-refractivity contribution in [3.63, 3.8) is 0 Å². The Morgan fingerprint density at radius 1 is 0.938 bits per heavy atom. The summed E-state index contributed by atoms with van der Waals surface area (Å²) in [5.74, 6) is -1.31. The molecule has 2 aliphatic carbocycles. The number of fused-ring (bicyclic) bond motifs is 5. The summed E-state index contributed by atoms with van der Waals surface area (Å²) in [7, 11) is 0. The average molecular weight is 425 g/mol. The fraction of sp³-hybridized carbons (Fsp3) is 0.310. The molecule has 4 unspecified atom stereocenters. The highest BCUT2D eigenvalue weighted by Gasteiger charge is 2.50. The van der Waals surface area contributed by atoms with Gasteiger partial charge in [0.15, 0.2) is 0 Å². The molecule has 4 atom stereocenters. The number of carbonyl (C=O) groups is 2. The van der Waals surface area contributed by atoms with Crippen LogP contribution in [0.15, 0.2) is 72.8 Å². The van der Waals surface area contributed by atoms with Gasteiger partial charge in [-0.05, 0) is 60.1 Å². The number of esters is 1. The van der Waals surface area contributed by atoms with Gasteiger partial charge in [-0.2, -0.15) is 0 Å². The highest BCUT2D eigenvalue weighted by atomic mass is 16.6. The van der Waals surface area contributed by atoms with E-state index in [9.17, 15) is 9.59 Å². The second-order valence-electron chi connectivity index (χ2n) is 9.95.